The number of fused-ring (bicyclic) bond motifs is 1. The quantitative estimate of drug-likeness (QED) is 0.545. The molecule has 1 atom stereocenters. The number of pyridine rings is 1. The molecule has 0 aliphatic carbocycles. The minimum absolute atomic E-state index is 0.0492. The van der Waals surface area contributed by atoms with Crippen LogP contribution in [0.3, 0.4) is 0 Å². The number of rotatable bonds is 0. The van der Waals surface area contributed by atoms with Crippen LogP contribution in [-0.2, 0) is 0 Å². The SMILES string of the molecule is Oc1nc2c([AsH2])nccc2[nH]1. The van der Waals surface area contributed by atoms with E-state index in [1.165, 1.54) is 16.9 Å². The van der Waals surface area contributed by atoms with Crippen molar-refractivity contribution in [1.29, 1.82) is 0 Å². The molecule has 2 rings (SSSR count). The van der Waals surface area contributed by atoms with Gasteiger partial charge in [-0.05, 0) is 0 Å². The van der Waals surface area contributed by atoms with Crippen molar-refractivity contribution in [3.8, 4) is 6.01 Å². The summed E-state index contributed by atoms with van der Waals surface area (Å²) in [5, 5.41) is 8.99. The summed E-state index contributed by atoms with van der Waals surface area (Å²) in [4.78, 5) is 10.6. The van der Waals surface area contributed by atoms with E-state index in [0.717, 1.165) is 15.5 Å². The molecule has 0 aromatic carbocycles. The predicted octanol–water partition coefficient (Wildman–Crippen LogP) is -1.08. The van der Waals surface area contributed by atoms with E-state index >= 15 is 0 Å². The first kappa shape index (κ1) is 6.67. The van der Waals surface area contributed by atoms with Crippen LogP contribution in [0, 0.1) is 0 Å². The van der Waals surface area contributed by atoms with E-state index < -0.39 is 0 Å². The monoisotopic (exact) mass is 211 g/mol. The second kappa shape index (κ2) is 2.24. The molecular formula is C6H6AsN3O. The first-order valence-corrected chi connectivity index (χ1v) is 4.27. The van der Waals surface area contributed by atoms with Crippen molar-refractivity contribution < 1.29 is 5.11 Å². The second-order valence-electron chi connectivity index (χ2n) is 2.15. The Hall–Kier alpha value is -1.02. The fraction of sp³-hybridized carbons (Fsp3) is 0. The Balaban J connectivity index is 2.90. The first-order valence-electron chi connectivity index (χ1n) is 3.06. The zero-order chi connectivity index (χ0) is 7.84. The maximum absolute atomic E-state index is 8.99. The van der Waals surface area contributed by atoms with Crippen LogP contribution >= 0.6 is 0 Å². The summed E-state index contributed by atoms with van der Waals surface area (Å²) in [6, 6.07) is 1.73. The van der Waals surface area contributed by atoms with Crippen molar-refractivity contribution in [3.63, 3.8) is 0 Å². The normalized spacial score (nSPS) is 10.6. The summed E-state index contributed by atoms with van der Waals surface area (Å²) in [5.41, 5.74) is 1.59. The number of imidazole rings is 1. The van der Waals surface area contributed by atoms with Crippen molar-refractivity contribution >= 4 is 32.4 Å². The number of aromatic hydroxyl groups is 1. The molecular weight excluding hydrogens is 205 g/mol. The molecule has 0 fully saturated rings. The van der Waals surface area contributed by atoms with Crippen LogP contribution in [0.25, 0.3) is 11.0 Å². The average molecular weight is 211 g/mol. The number of H-pyrrole nitrogens is 1. The molecule has 2 N–H and O–H groups in total. The van der Waals surface area contributed by atoms with Crippen LogP contribution in [-0.4, -0.2) is 36.9 Å². The molecule has 0 radical (unpaired) electrons. The molecule has 0 spiro atoms. The maximum atomic E-state index is 8.99. The van der Waals surface area contributed by atoms with Gasteiger partial charge in [-0.25, -0.2) is 0 Å². The Morgan fingerprint density at radius 2 is 2.36 bits per heavy atom. The molecule has 2 heterocycles. The van der Waals surface area contributed by atoms with Crippen molar-refractivity contribution in [1.82, 2.24) is 15.0 Å². The molecule has 0 bridgehead atoms. The molecule has 0 aliphatic heterocycles. The topological polar surface area (TPSA) is 61.8 Å². The summed E-state index contributed by atoms with van der Waals surface area (Å²) in [7, 11) is 0. The Labute approximate surface area is 71.2 Å². The number of nitrogens with zero attached hydrogens (tertiary/aromatic N) is 2. The standard InChI is InChI=1S/C6H6AsN3O/c7-5-4-3(1-2-8-5)9-6(11)10-4/h1-2H,7H2,(H2,9,10,11). The van der Waals surface area contributed by atoms with Crippen LogP contribution in [0.15, 0.2) is 12.3 Å². The molecule has 5 heteroatoms. The molecule has 11 heavy (non-hydrogen) atoms. The Morgan fingerprint density at radius 1 is 1.55 bits per heavy atom. The van der Waals surface area contributed by atoms with Gasteiger partial charge >= 0.3 is 70.7 Å². The number of hydrogen-bond donors (Lipinski definition) is 2. The summed E-state index contributed by atoms with van der Waals surface area (Å²) >= 11 is 1.40. The van der Waals surface area contributed by atoms with Crippen LogP contribution in [0.4, 0.5) is 0 Å². The minimum atomic E-state index is -0.0492. The molecule has 2 aromatic heterocycles. The van der Waals surface area contributed by atoms with Crippen molar-refractivity contribution in [2.45, 2.75) is 0 Å². The van der Waals surface area contributed by atoms with E-state index in [1.54, 1.807) is 12.3 Å². The number of aromatic nitrogens is 3. The zero-order valence-electron chi connectivity index (χ0n) is 5.57. The molecule has 1 unspecified atom stereocenters. The van der Waals surface area contributed by atoms with Gasteiger partial charge in [0, 0.05) is 0 Å². The third kappa shape index (κ3) is 0.994. The number of hydrogen-bond acceptors (Lipinski definition) is 3. The second-order valence-corrected chi connectivity index (χ2v) is 3.30. The van der Waals surface area contributed by atoms with Crippen LogP contribution in [0.1, 0.15) is 0 Å². The van der Waals surface area contributed by atoms with E-state index in [1.807, 2.05) is 0 Å². The predicted molar refractivity (Wildman–Crippen MR) is 43.7 cm³/mol. The molecule has 0 saturated heterocycles. The van der Waals surface area contributed by atoms with E-state index in [2.05, 4.69) is 15.0 Å². The fourth-order valence-electron chi connectivity index (χ4n) is 0.943. The summed E-state index contributed by atoms with van der Waals surface area (Å²) in [5.74, 6) is 0. The van der Waals surface area contributed by atoms with Gasteiger partial charge < -0.3 is 0 Å². The zero-order valence-corrected chi connectivity index (χ0v) is 8.00. The third-order valence-electron chi connectivity index (χ3n) is 1.42. The molecule has 0 aliphatic rings. The Morgan fingerprint density at radius 3 is 3.09 bits per heavy atom. The molecule has 2 aromatic rings. The summed E-state index contributed by atoms with van der Waals surface area (Å²) in [6.45, 7) is 0. The fourth-order valence-corrected chi connectivity index (χ4v) is 1.59. The average Bonchev–Trinajstić information content (AvgIpc) is 2.31. The van der Waals surface area contributed by atoms with Gasteiger partial charge in [0.05, 0.1) is 0 Å². The van der Waals surface area contributed by atoms with E-state index in [-0.39, 0.29) is 6.01 Å². The number of aromatic amines is 1. The number of nitrogens with one attached hydrogen (secondary N) is 1. The Bertz CT molecular complexity index is 398. The van der Waals surface area contributed by atoms with Crippen LogP contribution in [0.5, 0.6) is 6.01 Å². The molecule has 4 nitrogen and oxygen atoms in total. The van der Waals surface area contributed by atoms with Crippen molar-refractivity contribution in [3.05, 3.63) is 12.3 Å². The van der Waals surface area contributed by atoms with E-state index in [9.17, 15) is 0 Å². The van der Waals surface area contributed by atoms with Crippen LogP contribution < -0.4 is 4.48 Å². The molecule has 56 valence electrons. The first-order chi connectivity index (χ1) is 5.27. The van der Waals surface area contributed by atoms with Crippen molar-refractivity contribution in [2.75, 3.05) is 0 Å². The van der Waals surface area contributed by atoms with Gasteiger partial charge in [0.15, 0.2) is 0 Å². The van der Waals surface area contributed by atoms with Gasteiger partial charge in [-0.15, -0.1) is 0 Å². The van der Waals surface area contributed by atoms with E-state index in [0.29, 0.717) is 0 Å². The molecule has 0 saturated carbocycles. The van der Waals surface area contributed by atoms with E-state index in [4.69, 9.17) is 5.11 Å². The molecule has 0 amide bonds. The van der Waals surface area contributed by atoms with Gasteiger partial charge in [0.2, 0.25) is 0 Å². The van der Waals surface area contributed by atoms with Gasteiger partial charge in [0.25, 0.3) is 0 Å². The Kier molecular flexibility index (Phi) is 1.36. The van der Waals surface area contributed by atoms with Gasteiger partial charge in [-0.2, -0.15) is 0 Å². The third-order valence-corrected chi connectivity index (χ3v) is 2.30. The van der Waals surface area contributed by atoms with Crippen molar-refractivity contribution in [2.24, 2.45) is 0 Å². The van der Waals surface area contributed by atoms with Gasteiger partial charge in [-0.3, -0.25) is 0 Å². The summed E-state index contributed by atoms with van der Waals surface area (Å²) < 4.78 is 0.881. The van der Waals surface area contributed by atoms with Gasteiger partial charge in [0.1, 0.15) is 0 Å². The van der Waals surface area contributed by atoms with Gasteiger partial charge in [-0.1, -0.05) is 0 Å². The van der Waals surface area contributed by atoms with Crippen LogP contribution in [0.2, 0.25) is 0 Å². The summed E-state index contributed by atoms with van der Waals surface area (Å²) in [6.07, 6.45) is 1.69.